The number of carbonyl (C=O) groups is 1. The molecule has 1 atom stereocenters. The first kappa shape index (κ1) is 14.0. The molecule has 1 amide bonds. The summed E-state index contributed by atoms with van der Waals surface area (Å²) in [5, 5.41) is -0.162. The molecule has 0 N–H and O–H groups in total. The van der Waals surface area contributed by atoms with E-state index in [1.54, 1.807) is 19.1 Å². The first-order valence-electron chi connectivity index (χ1n) is 5.54. The molecule has 94 valence electrons. The van der Waals surface area contributed by atoms with Gasteiger partial charge in [-0.05, 0) is 5.56 Å². The van der Waals surface area contributed by atoms with Crippen molar-refractivity contribution in [2.24, 2.45) is 0 Å². The summed E-state index contributed by atoms with van der Waals surface area (Å²) in [7, 11) is 3.36. The lowest BCUT2D eigenvalue weighted by Gasteiger charge is -2.20. The van der Waals surface area contributed by atoms with Gasteiger partial charge < -0.3 is 9.64 Å². The molecule has 0 aromatic heterocycles. The minimum atomic E-state index is -0.162. The van der Waals surface area contributed by atoms with Crippen LogP contribution < -0.4 is 0 Å². The van der Waals surface area contributed by atoms with Gasteiger partial charge in [0.05, 0.1) is 18.4 Å². The number of halogens is 1. The van der Waals surface area contributed by atoms with Gasteiger partial charge in [-0.25, -0.2) is 0 Å². The Morgan fingerprint density at radius 1 is 1.41 bits per heavy atom. The first-order chi connectivity index (χ1) is 8.13. The fraction of sp³-hybridized carbons (Fsp3) is 0.462. The van der Waals surface area contributed by atoms with Crippen LogP contribution in [0, 0.1) is 0 Å². The number of rotatable bonds is 6. The third kappa shape index (κ3) is 5.20. The first-order valence-corrected chi connectivity index (χ1v) is 5.98. The van der Waals surface area contributed by atoms with Gasteiger partial charge in [-0.3, -0.25) is 4.79 Å². The number of likely N-dealkylation sites (N-methyl/N-ethyl adjacent to an activating group) is 1. The van der Waals surface area contributed by atoms with Gasteiger partial charge in [0, 0.05) is 20.7 Å². The third-order valence-electron chi connectivity index (χ3n) is 2.44. The van der Waals surface area contributed by atoms with Crippen LogP contribution in [0.3, 0.4) is 0 Å². The zero-order valence-corrected chi connectivity index (χ0v) is 11.0. The Balaban J connectivity index is 2.42. The van der Waals surface area contributed by atoms with Gasteiger partial charge in [0.1, 0.15) is 0 Å². The van der Waals surface area contributed by atoms with E-state index in [0.29, 0.717) is 19.6 Å². The zero-order valence-electron chi connectivity index (χ0n) is 10.2. The summed E-state index contributed by atoms with van der Waals surface area (Å²) < 4.78 is 4.93. The van der Waals surface area contributed by atoms with Crippen LogP contribution in [0.1, 0.15) is 5.56 Å². The van der Waals surface area contributed by atoms with Gasteiger partial charge >= 0.3 is 0 Å². The smallest absolute Gasteiger partial charge is 0.226 e. The molecule has 0 bridgehead atoms. The molecule has 0 aliphatic carbocycles. The Kier molecular flexibility index (Phi) is 6.01. The van der Waals surface area contributed by atoms with Gasteiger partial charge in [0.15, 0.2) is 0 Å². The van der Waals surface area contributed by atoms with E-state index < -0.39 is 0 Å². The number of methoxy groups -OCH3 is 1. The summed E-state index contributed by atoms with van der Waals surface area (Å²) in [5.74, 6) is 0.0675. The minimum Gasteiger partial charge on any atom is -0.383 e. The number of amides is 1. The maximum absolute atomic E-state index is 11.9. The van der Waals surface area contributed by atoms with E-state index in [9.17, 15) is 4.79 Å². The number of nitrogens with zero attached hydrogens (tertiary/aromatic N) is 1. The Labute approximate surface area is 107 Å². The predicted octanol–water partition coefficient (Wildman–Crippen LogP) is 1.94. The van der Waals surface area contributed by atoms with Gasteiger partial charge in [0.25, 0.3) is 0 Å². The summed E-state index contributed by atoms with van der Waals surface area (Å²) in [4.78, 5) is 13.5. The molecule has 0 aliphatic heterocycles. The number of benzene rings is 1. The standard InChI is InChI=1S/C13H18ClNO2/c1-15(9-12(14)10-17-2)13(16)8-11-6-4-3-5-7-11/h3-7,12H,8-10H2,1-2H3. The van der Waals surface area contributed by atoms with E-state index in [2.05, 4.69) is 0 Å². The molecule has 1 aromatic rings. The molecule has 0 aliphatic rings. The molecule has 1 rings (SSSR count). The fourth-order valence-electron chi connectivity index (χ4n) is 1.54. The minimum absolute atomic E-state index is 0.0675. The summed E-state index contributed by atoms with van der Waals surface area (Å²) in [6, 6.07) is 9.68. The lowest BCUT2D eigenvalue weighted by molar-refractivity contribution is -0.129. The van der Waals surface area contributed by atoms with Crippen molar-refractivity contribution in [3.63, 3.8) is 0 Å². The molecule has 0 radical (unpaired) electrons. The highest BCUT2D eigenvalue weighted by atomic mass is 35.5. The quantitative estimate of drug-likeness (QED) is 0.727. The second kappa shape index (κ2) is 7.30. The van der Waals surface area contributed by atoms with E-state index >= 15 is 0 Å². The Bertz CT molecular complexity index is 343. The molecular formula is C13H18ClNO2. The van der Waals surface area contributed by atoms with Crippen molar-refractivity contribution in [1.82, 2.24) is 4.90 Å². The highest BCUT2D eigenvalue weighted by Crippen LogP contribution is 2.04. The normalized spacial score (nSPS) is 12.2. The van der Waals surface area contributed by atoms with Crippen LogP contribution in [0.4, 0.5) is 0 Å². The van der Waals surface area contributed by atoms with Crippen molar-refractivity contribution in [1.29, 1.82) is 0 Å². The molecule has 17 heavy (non-hydrogen) atoms. The fourth-order valence-corrected chi connectivity index (χ4v) is 1.87. The molecular weight excluding hydrogens is 238 g/mol. The van der Waals surface area contributed by atoms with Crippen molar-refractivity contribution < 1.29 is 9.53 Å². The number of hydrogen-bond donors (Lipinski definition) is 0. The summed E-state index contributed by atoms with van der Waals surface area (Å²) >= 11 is 6.00. The van der Waals surface area contributed by atoms with Crippen LogP contribution in [0.5, 0.6) is 0 Å². The Morgan fingerprint density at radius 3 is 2.65 bits per heavy atom. The SMILES string of the molecule is COCC(Cl)CN(C)C(=O)Cc1ccccc1. The Hall–Kier alpha value is -1.06. The van der Waals surface area contributed by atoms with Crippen molar-refractivity contribution in [3.05, 3.63) is 35.9 Å². The summed E-state index contributed by atoms with van der Waals surface area (Å²) in [5.41, 5.74) is 1.02. The third-order valence-corrected chi connectivity index (χ3v) is 2.71. The van der Waals surface area contributed by atoms with Crippen LogP contribution in [0.2, 0.25) is 0 Å². The van der Waals surface area contributed by atoms with Crippen molar-refractivity contribution in [3.8, 4) is 0 Å². The van der Waals surface area contributed by atoms with Crippen LogP contribution in [0.15, 0.2) is 30.3 Å². The van der Waals surface area contributed by atoms with Crippen molar-refractivity contribution in [2.45, 2.75) is 11.8 Å². The largest absolute Gasteiger partial charge is 0.383 e. The molecule has 0 saturated heterocycles. The molecule has 1 aromatic carbocycles. The van der Waals surface area contributed by atoms with Crippen molar-refractivity contribution in [2.75, 3.05) is 27.3 Å². The maximum atomic E-state index is 11.9. The molecule has 1 unspecified atom stereocenters. The molecule has 0 heterocycles. The van der Waals surface area contributed by atoms with Crippen LogP contribution >= 0.6 is 11.6 Å². The van der Waals surface area contributed by atoms with Gasteiger partial charge in [-0.15, -0.1) is 11.6 Å². The second-order valence-corrected chi connectivity index (χ2v) is 4.61. The molecule has 4 heteroatoms. The van der Waals surface area contributed by atoms with Gasteiger partial charge in [-0.1, -0.05) is 30.3 Å². The monoisotopic (exact) mass is 255 g/mol. The predicted molar refractivity (Wildman–Crippen MR) is 69.3 cm³/mol. The highest BCUT2D eigenvalue weighted by molar-refractivity contribution is 6.21. The highest BCUT2D eigenvalue weighted by Gasteiger charge is 2.13. The topological polar surface area (TPSA) is 29.5 Å². The number of carbonyl (C=O) groups excluding carboxylic acids is 1. The van der Waals surface area contributed by atoms with Gasteiger partial charge in [0.2, 0.25) is 5.91 Å². The van der Waals surface area contributed by atoms with Crippen molar-refractivity contribution >= 4 is 17.5 Å². The number of alkyl halides is 1. The number of ether oxygens (including phenoxy) is 1. The molecule has 3 nitrogen and oxygen atoms in total. The lowest BCUT2D eigenvalue weighted by Crippen LogP contribution is -2.34. The maximum Gasteiger partial charge on any atom is 0.226 e. The molecule has 0 spiro atoms. The zero-order chi connectivity index (χ0) is 12.7. The number of hydrogen-bond acceptors (Lipinski definition) is 2. The van der Waals surface area contributed by atoms with Crippen LogP contribution in [-0.4, -0.2) is 43.5 Å². The average Bonchev–Trinajstić information content (AvgIpc) is 2.30. The van der Waals surface area contributed by atoms with Gasteiger partial charge in [-0.2, -0.15) is 0 Å². The second-order valence-electron chi connectivity index (χ2n) is 3.99. The van der Waals surface area contributed by atoms with E-state index in [-0.39, 0.29) is 11.3 Å². The van der Waals surface area contributed by atoms with E-state index in [1.165, 1.54) is 0 Å². The van der Waals surface area contributed by atoms with E-state index in [1.807, 2.05) is 30.3 Å². The average molecular weight is 256 g/mol. The summed E-state index contributed by atoms with van der Waals surface area (Å²) in [6.45, 7) is 0.950. The van der Waals surface area contributed by atoms with Crippen LogP contribution in [-0.2, 0) is 16.0 Å². The van der Waals surface area contributed by atoms with E-state index in [4.69, 9.17) is 16.3 Å². The summed E-state index contributed by atoms with van der Waals surface area (Å²) in [6.07, 6.45) is 0.411. The van der Waals surface area contributed by atoms with E-state index in [0.717, 1.165) is 5.56 Å². The Morgan fingerprint density at radius 2 is 2.06 bits per heavy atom. The molecule has 0 saturated carbocycles. The lowest BCUT2D eigenvalue weighted by atomic mass is 10.1. The van der Waals surface area contributed by atoms with Crippen LogP contribution in [0.25, 0.3) is 0 Å². The molecule has 0 fully saturated rings.